The Kier molecular flexibility index (Phi) is 9.77. The number of carbonyl (C=O) groups is 1. The van der Waals surface area contributed by atoms with Crippen LogP contribution in [0.25, 0.3) is 11.3 Å². The van der Waals surface area contributed by atoms with E-state index in [0.29, 0.717) is 74.4 Å². The number of nitrogens with one attached hydrogen (secondary N) is 2. The number of pyridine rings is 1. The molecule has 0 saturated heterocycles. The maximum absolute atomic E-state index is 13.1. The van der Waals surface area contributed by atoms with Crippen molar-refractivity contribution in [1.82, 2.24) is 20.1 Å². The predicted molar refractivity (Wildman–Crippen MR) is 151 cm³/mol. The fourth-order valence-corrected chi connectivity index (χ4v) is 7.24. The summed E-state index contributed by atoms with van der Waals surface area (Å²) in [6.45, 7) is 2.68. The van der Waals surface area contributed by atoms with Crippen molar-refractivity contribution >= 4 is 33.2 Å². The van der Waals surface area contributed by atoms with Crippen molar-refractivity contribution in [2.24, 2.45) is 11.8 Å². The topological polar surface area (TPSA) is 115 Å². The smallest absolute Gasteiger partial charge is 0.391 e. The number of hydrogen-bond acceptors (Lipinski definition) is 7. The number of alkyl halides is 3. The first kappa shape index (κ1) is 31.4. The number of sulfone groups is 1. The molecule has 2 aliphatic carbocycles. The van der Waals surface area contributed by atoms with E-state index in [-0.39, 0.29) is 40.8 Å². The second-order valence-electron chi connectivity index (χ2n) is 11.0. The number of amides is 1. The van der Waals surface area contributed by atoms with Gasteiger partial charge < -0.3 is 15.4 Å². The standard InChI is InChI=1S/C27H37ClF3N5O4S/c1-4-36-25(23(28)24(35-36)26(37)33-14-16-5-11-19(12-6-16)41(3,38)39)20-15-32-22(13-21(20)40-2)34-18-9-7-17(8-10-18)27(29,30)31/h13,15-19H,4-12,14H2,1-3H3,(H,32,34)(H,33,37)/t16-,17?,18?,19-. The Morgan fingerprint density at radius 3 is 2.37 bits per heavy atom. The first-order valence-corrected chi connectivity index (χ1v) is 16.3. The number of halogens is 4. The lowest BCUT2D eigenvalue weighted by atomic mass is 9.85. The second kappa shape index (κ2) is 12.8. The molecule has 0 radical (unpaired) electrons. The molecular formula is C27H37ClF3N5O4S. The van der Waals surface area contributed by atoms with Gasteiger partial charge in [0, 0.05) is 37.7 Å². The number of aryl methyl sites for hydroxylation is 1. The Bertz CT molecular complexity index is 1340. The first-order chi connectivity index (χ1) is 19.3. The molecule has 0 aromatic carbocycles. The van der Waals surface area contributed by atoms with Crippen LogP contribution in [-0.4, -0.2) is 66.5 Å². The van der Waals surface area contributed by atoms with Gasteiger partial charge in [0.25, 0.3) is 5.91 Å². The quantitative estimate of drug-likeness (QED) is 0.381. The van der Waals surface area contributed by atoms with Gasteiger partial charge in [0.15, 0.2) is 5.69 Å². The van der Waals surface area contributed by atoms with Crippen molar-refractivity contribution in [1.29, 1.82) is 0 Å². The van der Waals surface area contributed by atoms with Gasteiger partial charge in [0.2, 0.25) is 0 Å². The molecule has 2 heterocycles. The molecule has 228 valence electrons. The van der Waals surface area contributed by atoms with Crippen molar-refractivity contribution < 1.29 is 31.1 Å². The van der Waals surface area contributed by atoms with Crippen LogP contribution in [0.5, 0.6) is 5.75 Å². The third-order valence-electron chi connectivity index (χ3n) is 8.24. The van der Waals surface area contributed by atoms with Gasteiger partial charge in [-0.15, -0.1) is 0 Å². The number of carbonyl (C=O) groups excluding carboxylic acids is 1. The summed E-state index contributed by atoms with van der Waals surface area (Å²) >= 11 is 6.70. The van der Waals surface area contributed by atoms with Gasteiger partial charge in [-0.2, -0.15) is 18.3 Å². The molecule has 14 heteroatoms. The zero-order chi connectivity index (χ0) is 29.9. The summed E-state index contributed by atoms with van der Waals surface area (Å²) in [7, 11) is -1.57. The second-order valence-corrected chi connectivity index (χ2v) is 13.7. The highest BCUT2D eigenvalue weighted by Crippen LogP contribution is 2.40. The van der Waals surface area contributed by atoms with Crippen LogP contribution < -0.4 is 15.4 Å². The average Bonchev–Trinajstić information content (AvgIpc) is 3.27. The van der Waals surface area contributed by atoms with Crippen LogP contribution in [0.3, 0.4) is 0 Å². The molecule has 2 aliphatic rings. The molecule has 2 N–H and O–H groups in total. The Labute approximate surface area is 243 Å². The van der Waals surface area contributed by atoms with Crippen LogP contribution in [0, 0.1) is 11.8 Å². The number of aromatic nitrogens is 3. The fraction of sp³-hybridized carbons (Fsp3) is 0.667. The highest BCUT2D eigenvalue weighted by Gasteiger charge is 2.41. The van der Waals surface area contributed by atoms with Crippen molar-refractivity contribution in [3.8, 4) is 17.0 Å². The maximum atomic E-state index is 13.1. The number of methoxy groups -OCH3 is 1. The summed E-state index contributed by atoms with van der Waals surface area (Å²) in [5.74, 6) is -0.603. The SMILES string of the molecule is CCn1nc(C(=O)NC[C@H]2CC[C@H](S(C)(=O)=O)CC2)c(Cl)c1-c1cnc(NC2CCC(C(F)(F)F)CC2)cc1OC. The normalized spacial score (nSPS) is 23.7. The molecular weight excluding hydrogens is 583 g/mol. The highest BCUT2D eigenvalue weighted by atomic mass is 35.5. The zero-order valence-electron chi connectivity index (χ0n) is 23.4. The third-order valence-corrected chi connectivity index (χ3v) is 10.3. The highest BCUT2D eigenvalue weighted by molar-refractivity contribution is 7.91. The summed E-state index contributed by atoms with van der Waals surface area (Å²) in [4.78, 5) is 17.5. The van der Waals surface area contributed by atoms with Crippen molar-refractivity contribution in [3.05, 3.63) is 23.0 Å². The molecule has 2 fully saturated rings. The van der Waals surface area contributed by atoms with Crippen LogP contribution in [0.1, 0.15) is 68.8 Å². The minimum atomic E-state index is -4.16. The van der Waals surface area contributed by atoms with E-state index in [1.165, 1.54) is 13.4 Å². The van der Waals surface area contributed by atoms with Crippen LogP contribution in [0.15, 0.2) is 12.3 Å². The summed E-state index contributed by atoms with van der Waals surface area (Å²) in [5, 5.41) is 10.4. The van der Waals surface area contributed by atoms with Crippen molar-refractivity contribution in [3.63, 3.8) is 0 Å². The molecule has 9 nitrogen and oxygen atoms in total. The van der Waals surface area contributed by atoms with Gasteiger partial charge in [0.05, 0.1) is 34.6 Å². The average molecular weight is 620 g/mol. The van der Waals surface area contributed by atoms with Gasteiger partial charge in [-0.1, -0.05) is 11.6 Å². The van der Waals surface area contributed by atoms with Crippen molar-refractivity contribution in [2.45, 2.75) is 82.3 Å². The van der Waals surface area contributed by atoms with E-state index < -0.39 is 27.8 Å². The van der Waals surface area contributed by atoms with E-state index in [1.807, 2.05) is 6.92 Å². The molecule has 0 bridgehead atoms. The molecule has 0 atom stereocenters. The molecule has 0 spiro atoms. The van der Waals surface area contributed by atoms with Crippen LogP contribution in [0.4, 0.5) is 19.0 Å². The number of nitrogens with zero attached hydrogens (tertiary/aromatic N) is 3. The minimum absolute atomic E-state index is 0.0685. The van der Waals surface area contributed by atoms with Crippen LogP contribution in [0.2, 0.25) is 5.02 Å². The van der Waals surface area contributed by atoms with Gasteiger partial charge in [-0.05, 0) is 64.2 Å². The zero-order valence-corrected chi connectivity index (χ0v) is 25.0. The molecule has 2 saturated carbocycles. The molecule has 2 aromatic rings. The van der Waals surface area contributed by atoms with E-state index in [4.69, 9.17) is 16.3 Å². The lowest BCUT2D eigenvalue weighted by Gasteiger charge is -2.30. The number of anilines is 1. The summed E-state index contributed by atoms with van der Waals surface area (Å²) < 4.78 is 69.9. The van der Waals surface area contributed by atoms with Gasteiger partial charge in [-0.25, -0.2) is 13.4 Å². The number of hydrogen-bond donors (Lipinski definition) is 2. The summed E-state index contributed by atoms with van der Waals surface area (Å²) in [6, 6.07) is 1.54. The molecule has 0 unspecified atom stereocenters. The Balaban J connectivity index is 1.44. The lowest BCUT2D eigenvalue weighted by molar-refractivity contribution is -0.182. The largest absolute Gasteiger partial charge is 0.496 e. The fourth-order valence-electron chi connectivity index (χ4n) is 5.79. The van der Waals surface area contributed by atoms with Gasteiger partial charge >= 0.3 is 6.18 Å². The number of ether oxygens (including phenoxy) is 1. The molecule has 1 amide bonds. The molecule has 41 heavy (non-hydrogen) atoms. The molecule has 2 aromatic heterocycles. The first-order valence-electron chi connectivity index (χ1n) is 13.9. The van der Waals surface area contributed by atoms with E-state index in [9.17, 15) is 26.4 Å². The Hall–Kier alpha value is -2.54. The van der Waals surface area contributed by atoms with E-state index in [1.54, 1.807) is 16.9 Å². The maximum Gasteiger partial charge on any atom is 0.391 e. The lowest BCUT2D eigenvalue weighted by Crippen LogP contribution is -2.34. The van der Waals surface area contributed by atoms with E-state index >= 15 is 0 Å². The van der Waals surface area contributed by atoms with Gasteiger partial charge in [0.1, 0.15) is 21.4 Å². The van der Waals surface area contributed by atoms with E-state index in [0.717, 1.165) is 0 Å². The summed E-state index contributed by atoms with van der Waals surface area (Å²) in [5.41, 5.74) is 1.06. The summed E-state index contributed by atoms with van der Waals surface area (Å²) in [6.07, 6.45) is 2.20. The Morgan fingerprint density at radius 1 is 1.15 bits per heavy atom. The predicted octanol–water partition coefficient (Wildman–Crippen LogP) is 5.49. The molecule has 4 rings (SSSR count). The molecule has 0 aliphatic heterocycles. The third kappa shape index (κ3) is 7.46. The van der Waals surface area contributed by atoms with Crippen LogP contribution in [-0.2, 0) is 16.4 Å². The van der Waals surface area contributed by atoms with Crippen molar-refractivity contribution in [2.75, 3.05) is 25.2 Å². The van der Waals surface area contributed by atoms with Crippen LogP contribution >= 0.6 is 11.6 Å². The Morgan fingerprint density at radius 2 is 1.80 bits per heavy atom. The number of rotatable bonds is 9. The van der Waals surface area contributed by atoms with Gasteiger partial charge in [-0.3, -0.25) is 9.48 Å². The minimum Gasteiger partial charge on any atom is -0.496 e. The van der Waals surface area contributed by atoms with E-state index in [2.05, 4.69) is 20.7 Å². The monoisotopic (exact) mass is 619 g/mol.